The predicted octanol–water partition coefficient (Wildman–Crippen LogP) is 2.36. The van der Waals surface area contributed by atoms with Crippen LogP contribution in [0, 0.1) is 10.1 Å². The number of ketones is 2. The number of Topliss-reactive ketones (excluding diaryl/α,β-unsaturated/α-hetero) is 2. The Kier molecular flexibility index (Phi) is 39.8. The predicted molar refractivity (Wildman–Crippen MR) is 434 cm³/mol. The number of halogens is 2. The van der Waals surface area contributed by atoms with Gasteiger partial charge in [0.1, 0.15) is 36.4 Å². The van der Waals surface area contributed by atoms with Gasteiger partial charge in [-0.25, -0.2) is 29.5 Å². The highest BCUT2D eigenvalue weighted by molar-refractivity contribution is 6.53. The van der Waals surface area contributed by atoms with Gasteiger partial charge in [-0.2, -0.15) is 9.97 Å². The van der Waals surface area contributed by atoms with E-state index in [1.807, 2.05) is 4.90 Å². The molecule has 4 aromatic heterocycles. The van der Waals surface area contributed by atoms with Gasteiger partial charge >= 0.3 is 17.9 Å². The lowest BCUT2D eigenvalue weighted by atomic mass is 10.0. The van der Waals surface area contributed by atoms with Gasteiger partial charge in [-0.05, 0) is 111 Å². The van der Waals surface area contributed by atoms with Crippen LogP contribution in [0.3, 0.4) is 0 Å². The van der Waals surface area contributed by atoms with Gasteiger partial charge in [0.05, 0.1) is 74.3 Å². The van der Waals surface area contributed by atoms with E-state index in [0.717, 1.165) is 12.1 Å². The van der Waals surface area contributed by atoms with Crippen LogP contribution in [0.2, 0.25) is 0 Å². The van der Waals surface area contributed by atoms with Crippen molar-refractivity contribution < 1.29 is 91.9 Å². The number of non-ortho nitro benzene ring substituents is 1. The van der Waals surface area contributed by atoms with Crippen LogP contribution in [-0.2, 0) is 75.2 Å². The number of carbonyl (C=O) groups is 11. The molecular weight excluding hydrogens is 1620 g/mol. The van der Waals surface area contributed by atoms with Crippen LogP contribution in [0.15, 0.2) is 94.8 Å². The molecule has 3 aromatic carbocycles. The Labute approximate surface area is 695 Å². The maximum atomic E-state index is 13.1. The van der Waals surface area contributed by atoms with Crippen molar-refractivity contribution in [2.24, 2.45) is 0 Å². The van der Waals surface area contributed by atoms with Crippen LogP contribution < -0.4 is 65.1 Å². The standard InChI is InChI=1S/C76H96Cl2N20O22/c77-65(78)72(110)92-57(64(105)45-14-20-52(21-15-45)98(115)116)44-120-61(104)9-1-8-58(101)83-30-4-34-117-36-38-119-39-37-118-35-5-31-97(32-26-59(102)81-28-2-6-53(99)22-24-55(73(111)112)90-68(106)46-10-16-48(17-11-46)84-40-50-42-86-62-66(88-50)93-75(79)95-70(62)108)33-27-60(103)82-29-3-7-54(100)23-25-56(74(113)114)91-69(107)47-12-18-49(19-13-47)85-41-51-43-87-63-67(89-51)94-76(80)96-71(63)109/h10-21,42-43,55-57,64-65,84-85,105H,1-9,22-41,44H2,(H,81,102)(H,82,103)(H,83,101)(H,90,106)(H,91,107)(H,92,110)(H,111,112)(H,113,114)(H3,79,88,93,95,108)(H3,80,89,94,96,109). The van der Waals surface area contributed by atoms with E-state index in [1.54, 1.807) is 24.3 Å². The van der Waals surface area contributed by atoms with Gasteiger partial charge in [0.25, 0.3) is 34.5 Å². The van der Waals surface area contributed by atoms with Crippen molar-refractivity contribution in [1.29, 1.82) is 0 Å². The number of nitro benzene ring substituents is 1. The number of amides is 6. The lowest BCUT2D eigenvalue weighted by molar-refractivity contribution is -0.384. The number of rotatable bonds is 57. The van der Waals surface area contributed by atoms with E-state index in [4.69, 9.17) is 53.6 Å². The molecule has 42 nitrogen and oxygen atoms in total. The second-order valence-corrected chi connectivity index (χ2v) is 28.2. The molecule has 0 spiro atoms. The molecule has 0 bridgehead atoms. The van der Waals surface area contributed by atoms with Gasteiger partial charge in [0.2, 0.25) is 29.6 Å². The van der Waals surface area contributed by atoms with Crippen molar-refractivity contribution >= 4 is 139 Å². The molecule has 0 radical (unpaired) electrons. The van der Waals surface area contributed by atoms with Crippen LogP contribution in [-0.4, -0.2) is 238 Å². The number of aliphatic carboxylic acids is 2. The summed E-state index contributed by atoms with van der Waals surface area (Å²) in [6, 6.07) is 13.2. The lowest BCUT2D eigenvalue weighted by Gasteiger charge is -2.24. The van der Waals surface area contributed by atoms with Crippen molar-refractivity contribution in [1.82, 2.24) is 76.7 Å². The van der Waals surface area contributed by atoms with Crippen molar-refractivity contribution in [3.8, 4) is 0 Å². The number of aromatic amines is 2. The Morgan fingerprint density at radius 1 is 0.525 bits per heavy atom. The monoisotopic (exact) mass is 1710 g/mol. The highest BCUT2D eigenvalue weighted by atomic mass is 35.5. The van der Waals surface area contributed by atoms with Gasteiger partial charge in [-0.3, -0.25) is 72.8 Å². The Morgan fingerprint density at radius 2 is 0.967 bits per heavy atom. The number of nitro groups is 1. The molecule has 4 unspecified atom stereocenters. The van der Waals surface area contributed by atoms with E-state index >= 15 is 0 Å². The van der Waals surface area contributed by atoms with Crippen molar-refractivity contribution in [3.05, 3.63) is 144 Å². The number of anilines is 4. The maximum Gasteiger partial charge on any atom is 0.326 e. The molecule has 646 valence electrons. The number of H-pyrrole nitrogens is 2. The number of hydrogen-bond acceptors (Lipinski definition) is 31. The van der Waals surface area contributed by atoms with Crippen LogP contribution in [0.4, 0.5) is 29.0 Å². The number of nitrogens with two attached hydrogens (primary N) is 2. The zero-order valence-electron chi connectivity index (χ0n) is 65.3. The molecule has 0 aliphatic rings. The number of esters is 1. The molecule has 4 heterocycles. The van der Waals surface area contributed by atoms with Crippen molar-refractivity contribution in [2.75, 3.05) is 108 Å². The van der Waals surface area contributed by atoms with E-state index < -0.39 is 87.3 Å². The van der Waals surface area contributed by atoms with Gasteiger partial charge in [0.15, 0.2) is 27.2 Å². The summed E-state index contributed by atoms with van der Waals surface area (Å²) in [5.41, 5.74) is 12.7. The molecule has 7 aromatic rings. The number of ether oxygens (including phenoxy) is 4. The summed E-state index contributed by atoms with van der Waals surface area (Å²) in [5, 5.41) is 63.6. The summed E-state index contributed by atoms with van der Waals surface area (Å²) in [5.74, 6) is -7.40. The van der Waals surface area contributed by atoms with Crippen molar-refractivity contribution in [2.45, 2.75) is 138 Å². The molecule has 0 saturated heterocycles. The number of aromatic nitrogens is 8. The minimum absolute atomic E-state index is 0.000424. The van der Waals surface area contributed by atoms with Crippen LogP contribution >= 0.6 is 23.2 Å². The Bertz CT molecular complexity index is 4540. The first kappa shape index (κ1) is 94.8. The van der Waals surface area contributed by atoms with E-state index in [9.17, 15) is 87.8 Å². The van der Waals surface area contributed by atoms with Crippen LogP contribution in [0.5, 0.6) is 0 Å². The minimum atomic E-state index is -1.50. The summed E-state index contributed by atoms with van der Waals surface area (Å²) < 4.78 is 22.2. The third-order valence-corrected chi connectivity index (χ3v) is 18.3. The average Bonchev–Trinajstić information content (AvgIpc) is 0.768. The number of aliphatic hydroxyl groups excluding tert-OH is 1. The fourth-order valence-corrected chi connectivity index (χ4v) is 11.6. The lowest BCUT2D eigenvalue weighted by Crippen LogP contribution is -2.45. The zero-order valence-corrected chi connectivity index (χ0v) is 66.8. The second-order valence-electron chi connectivity index (χ2n) is 27.1. The Morgan fingerprint density at radius 3 is 1.42 bits per heavy atom. The number of carboxylic acids is 2. The fourth-order valence-electron chi connectivity index (χ4n) is 11.4. The van der Waals surface area contributed by atoms with E-state index in [1.165, 1.54) is 48.8 Å². The SMILES string of the molecule is Nc1nc2nc(CNc3ccc(C(=O)NC(CCC(=O)CCCNC(=O)CCN(CCCOCCOCCOCCCNC(=O)CCCC(=O)OCC(NC(=O)C(Cl)Cl)C(O)c4ccc([N+](=O)[O-])cc4)CCC(=O)NCCCC(=O)CCC(NC(=O)c4ccc(NCc5cnc6c(=O)[nH]c(N)nc6n5)cc4)C(=O)O)C(=O)O)cc3)cnc2c(=O)[nH]1. The highest BCUT2D eigenvalue weighted by Gasteiger charge is 2.29. The topological polar surface area (TPSA) is 623 Å². The quantitative estimate of drug-likeness (QED) is 0.00855. The normalized spacial score (nSPS) is 12.2. The third kappa shape index (κ3) is 34.3. The molecule has 17 N–H and O–H groups in total. The first-order valence-corrected chi connectivity index (χ1v) is 39.2. The molecule has 0 aliphatic carbocycles. The van der Waals surface area contributed by atoms with Crippen LogP contribution in [0.25, 0.3) is 22.3 Å². The Balaban J connectivity index is 0.765. The maximum absolute atomic E-state index is 13.1. The number of fused-ring (bicyclic) bond motifs is 2. The van der Waals surface area contributed by atoms with E-state index in [0.29, 0.717) is 61.9 Å². The number of nitrogens with zero attached hydrogens (tertiary/aromatic N) is 8. The first-order chi connectivity index (χ1) is 57.6. The number of nitrogen functional groups attached to an aromatic ring is 2. The summed E-state index contributed by atoms with van der Waals surface area (Å²) in [7, 11) is 0. The number of carboxylic acid groups (broad SMARTS) is 2. The number of carbonyl (C=O) groups excluding carboxylic acids is 9. The number of hydrogen-bond donors (Lipinski definition) is 15. The summed E-state index contributed by atoms with van der Waals surface area (Å²) in [6.07, 6.45) is 2.17. The van der Waals surface area contributed by atoms with E-state index in [-0.39, 0.29) is 235 Å². The highest BCUT2D eigenvalue weighted by Crippen LogP contribution is 2.23. The van der Waals surface area contributed by atoms with Gasteiger partial charge in [-0.15, -0.1) is 0 Å². The molecule has 0 saturated carbocycles. The summed E-state index contributed by atoms with van der Waals surface area (Å²) in [6.45, 7) is 2.93. The number of aliphatic hydroxyl groups is 1. The smallest absolute Gasteiger partial charge is 0.326 e. The van der Waals surface area contributed by atoms with Crippen LogP contribution in [0.1, 0.15) is 140 Å². The van der Waals surface area contributed by atoms with Gasteiger partial charge in [0, 0.05) is 138 Å². The largest absolute Gasteiger partial charge is 0.480 e. The fraction of sp³-hybridized carbons (Fsp3) is 0.461. The molecule has 7 rings (SSSR count). The minimum Gasteiger partial charge on any atom is -0.480 e. The molecule has 120 heavy (non-hydrogen) atoms. The number of benzene rings is 3. The molecule has 44 heteroatoms. The van der Waals surface area contributed by atoms with Gasteiger partial charge in [-0.1, -0.05) is 23.2 Å². The number of nitrogens with one attached hydrogen (secondary N) is 10. The zero-order chi connectivity index (χ0) is 86.9. The van der Waals surface area contributed by atoms with E-state index in [2.05, 4.69) is 82.4 Å². The Hall–Kier alpha value is -12.4. The van der Waals surface area contributed by atoms with Gasteiger partial charge < -0.3 is 93.2 Å². The number of alkyl halides is 2. The summed E-state index contributed by atoms with van der Waals surface area (Å²) >= 11 is 11.3. The van der Waals surface area contributed by atoms with Crippen molar-refractivity contribution in [3.63, 3.8) is 0 Å². The molecule has 0 fully saturated rings. The second kappa shape index (κ2) is 50.4. The first-order valence-electron chi connectivity index (χ1n) is 38.3. The molecule has 6 amide bonds. The molecule has 0 aliphatic heterocycles. The molecular formula is C76H96Cl2N20O22. The third-order valence-electron chi connectivity index (χ3n) is 17.9. The average molecular weight is 1710 g/mol. The summed E-state index contributed by atoms with van der Waals surface area (Å²) in [4.78, 5) is 204. The molecule has 4 atom stereocenters.